The molecule has 104 valence electrons. The number of aromatic nitrogens is 1. The molecule has 2 aromatic rings. The Morgan fingerprint density at radius 2 is 2.05 bits per heavy atom. The van der Waals surface area contributed by atoms with E-state index in [-0.39, 0.29) is 10.6 Å². The lowest BCUT2D eigenvalue weighted by molar-refractivity contribution is 0.0696. The maximum atomic E-state index is 10.9. The van der Waals surface area contributed by atoms with E-state index in [1.54, 1.807) is 18.2 Å². The number of ether oxygens (including phenoxy) is 2. The molecule has 0 fully saturated rings. The lowest BCUT2D eigenvalue weighted by Gasteiger charge is -2.13. The second-order valence-electron chi connectivity index (χ2n) is 3.90. The van der Waals surface area contributed by atoms with Gasteiger partial charge in [0.2, 0.25) is 0 Å². The summed E-state index contributed by atoms with van der Waals surface area (Å²) < 4.78 is 10.5. The maximum absolute atomic E-state index is 10.9. The first-order valence-corrected chi connectivity index (χ1v) is 6.06. The summed E-state index contributed by atoms with van der Waals surface area (Å²) in [5.41, 5.74) is 1.10. The van der Waals surface area contributed by atoms with Crippen molar-refractivity contribution in [3.63, 3.8) is 0 Å². The van der Waals surface area contributed by atoms with Gasteiger partial charge in [-0.05, 0) is 18.2 Å². The lowest BCUT2D eigenvalue weighted by atomic mass is 10.1. The van der Waals surface area contributed by atoms with Crippen LogP contribution in [0.25, 0.3) is 11.3 Å². The van der Waals surface area contributed by atoms with Gasteiger partial charge in [-0.15, -0.1) is 0 Å². The number of methoxy groups -OCH3 is 2. The average Bonchev–Trinajstić information content (AvgIpc) is 2.46. The van der Waals surface area contributed by atoms with E-state index in [9.17, 15) is 4.79 Å². The molecule has 0 unspecified atom stereocenters. The predicted octanol–water partition coefficient (Wildman–Crippen LogP) is 3.12. The Hall–Kier alpha value is -2.27. The van der Waals surface area contributed by atoms with Crippen LogP contribution >= 0.6 is 11.6 Å². The third kappa shape index (κ3) is 2.53. The predicted molar refractivity (Wildman–Crippen MR) is 74.7 cm³/mol. The van der Waals surface area contributed by atoms with Crippen molar-refractivity contribution in [1.82, 2.24) is 4.98 Å². The molecular weight excluding hydrogens is 282 g/mol. The Kier molecular flexibility index (Phi) is 4.10. The molecule has 0 aliphatic rings. The first-order valence-electron chi connectivity index (χ1n) is 5.68. The number of carboxylic acid groups (broad SMARTS) is 1. The summed E-state index contributed by atoms with van der Waals surface area (Å²) in [6.07, 6.45) is 1.25. The fraction of sp³-hybridized carbons (Fsp3) is 0.143. The Balaban J connectivity index is 2.60. The highest BCUT2D eigenvalue weighted by Gasteiger charge is 2.16. The zero-order valence-electron chi connectivity index (χ0n) is 10.9. The molecule has 6 heteroatoms. The minimum Gasteiger partial charge on any atom is -0.493 e. The molecule has 0 saturated heterocycles. The van der Waals surface area contributed by atoms with Gasteiger partial charge in [-0.1, -0.05) is 17.7 Å². The van der Waals surface area contributed by atoms with Gasteiger partial charge in [0.25, 0.3) is 0 Å². The van der Waals surface area contributed by atoms with Crippen LogP contribution in [0.2, 0.25) is 5.02 Å². The zero-order chi connectivity index (χ0) is 14.7. The van der Waals surface area contributed by atoms with Crippen molar-refractivity contribution in [3.8, 4) is 22.8 Å². The van der Waals surface area contributed by atoms with Crippen LogP contribution in [0, 0.1) is 0 Å². The third-order valence-electron chi connectivity index (χ3n) is 2.75. The van der Waals surface area contributed by atoms with Gasteiger partial charge in [0.05, 0.1) is 30.5 Å². The molecule has 0 aliphatic carbocycles. The van der Waals surface area contributed by atoms with E-state index in [4.69, 9.17) is 26.2 Å². The van der Waals surface area contributed by atoms with Gasteiger partial charge in [-0.3, -0.25) is 4.98 Å². The number of nitrogens with zero attached hydrogens (tertiary/aromatic N) is 1. The van der Waals surface area contributed by atoms with Crippen LogP contribution in [0.1, 0.15) is 10.4 Å². The van der Waals surface area contributed by atoms with Crippen molar-refractivity contribution in [2.45, 2.75) is 0 Å². The van der Waals surface area contributed by atoms with E-state index in [1.807, 2.05) is 0 Å². The molecule has 1 heterocycles. The van der Waals surface area contributed by atoms with Gasteiger partial charge < -0.3 is 14.6 Å². The highest BCUT2D eigenvalue weighted by molar-refractivity contribution is 6.33. The number of para-hydroxylation sites is 1. The number of halogens is 1. The van der Waals surface area contributed by atoms with Crippen molar-refractivity contribution in [2.24, 2.45) is 0 Å². The molecule has 20 heavy (non-hydrogen) atoms. The van der Waals surface area contributed by atoms with E-state index >= 15 is 0 Å². The summed E-state index contributed by atoms with van der Waals surface area (Å²) >= 11 is 6.11. The van der Waals surface area contributed by atoms with Gasteiger partial charge in [0, 0.05) is 11.8 Å². The maximum Gasteiger partial charge on any atom is 0.337 e. The molecule has 1 aromatic heterocycles. The highest BCUT2D eigenvalue weighted by atomic mass is 35.5. The number of rotatable bonds is 4. The first-order chi connectivity index (χ1) is 9.58. The molecule has 0 saturated carbocycles. The second-order valence-corrected chi connectivity index (χ2v) is 4.31. The van der Waals surface area contributed by atoms with Crippen molar-refractivity contribution < 1.29 is 19.4 Å². The first kappa shape index (κ1) is 14.1. The SMILES string of the molecule is COc1cccc(-c2ncc(C(=O)O)cc2Cl)c1OC. The Labute approximate surface area is 120 Å². The van der Waals surface area contributed by atoms with Crippen LogP contribution < -0.4 is 9.47 Å². The second kappa shape index (κ2) is 5.79. The molecule has 5 nitrogen and oxygen atoms in total. The van der Waals surface area contributed by atoms with E-state index in [0.29, 0.717) is 22.8 Å². The van der Waals surface area contributed by atoms with E-state index in [1.165, 1.54) is 26.5 Å². The highest BCUT2D eigenvalue weighted by Crippen LogP contribution is 2.39. The van der Waals surface area contributed by atoms with Crippen LogP contribution in [0.4, 0.5) is 0 Å². The van der Waals surface area contributed by atoms with Gasteiger partial charge in [0.1, 0.15) is 0 Å². The van der Waals surface area contributed by atoms with E-state index in [0.717, 1.165) is 0 Å². The average molecular weight is 294 g/mol. The summed E-state index contributed by atoms with van der Waals surface area (Å²) in [6, 6.07) is 6.66. The third-order valence-corrected chi connectivity index (χ3v) is 3.03. The molecule has 2 rings (SSSR count). The molecule has 0 aliphatic heterocycles. The number of carboxylic acids is 1. The zero-order valence-corrected chi connectivity index (χ0v) is 11.6. The van der Waals surface area contributed by atoms with Crippen LogP contribution in [0.5, 0.6) is 11.5 Å². The van der Waals surface area contributed by atoms with Crippen molar-refractivity contribution >= 4 is 17.6 Å². The quantitative estimate of drug-likeness (QED) is 0.938. The minimum absolute atomic E-state index is 0.0283. The van der Waals surface area contributed by atoms with Crippen molar-refractivity contribution in [3.05, 3.63) is 41.0 Å². The summed E-state index contributed by atoms with van der Waals surface area (Å²) in [5, 5.41) is 9.14. The normalized spacial score (nSPS) is 10.2. The lowest BCUT2D eigenvalue weighted by Crippen LogP contribution is -1.99. The standard InChI is InChI=1S/C14H12ClNO4/c1-19-11-5-3-4-9(13(11)20-2)12-10(15)6-8(7-16-12)14(17)18/h3-7H,1-2H3,(H,17,18). The number of pyridine rings is 1. The van der Waals surface area contributed by atoms with Gasteiger partial charge in [-0.25, -0.2) is 4.79 Å². The fourth-order valence-corrected chi connectivity index (χ4v) is 2.09. The van der Waals surface area contributed by atoms with Gasteiger partial charge in [-0.2, -0.15) is 0 Å². The number of hydrogen-bond acceptors (Lipinski definition) is 4. The molecule has 1 aromatic carbocycles. The van der Waals surface area contributed by atoms with Crippen LogP contribution in [0.15, 0.2) is 30.5 Å². The largest absolute Gasteiger partial charge is 0.493 e. The molecule has 0 bridgehead atoms. The summed E-state index contributed by atoms with van der Waals surface area (Å²) in [7, 11) is 3.05. The smallest absolute Gasteiger partial charge is 0.337 e. The summed E-state index contributed by atoms with van der Waals surface area (Å²) in [5.74, 6) is -0.0405. The van der Waals surface area contributed by atoms with E-state index < -0.39 is 5.97 Å². The molecule has 0 amide bonds. The van der Waals surface area contributed by atoms with Gasteiger partial charge >= 0.3 is 5.97 Å². The molecule has 0 atom stereocenters. The molecule has 0 spiro atoms. The van der Waals surface area contributed by atoms with Crippen LogP contribution in [-0.2, 0) is 0 Å². The number of benzene rings is 1. The van der Waals surface area contributed by atoms with E-state index in [2.05, 4.69) is 4.98 Å². The van der Waals surface area contributed by atoms with Crippen molar-refractivity contribution in [1.29, 1.82) is 0 Å². The number of aromatic carboxylic acids is 1. The number of carbonyl (C=O) groups is 1. The Morgan fingerprint density at radius 1 is 1.30 bits per heavy atom. The fourth-order valence-electron chi connectivity index (χ4n) is 1.83. The van der Waals surface area contributed by atoms with Crippen molar-refractivity contribution in [2.75, 3.05) is 14.2 Å². The Bertz CT molecular complexity index is 658. The minimum atomic E-state index is -1.08. The number of hydrogen-bond donors (Lipinski definition) is 1. The monoisotopic (exact) mass is 293 g/mol. The van der Waals surface area contributed by atoms with Crippen LogP contribution in [-0.4, -0.2) is 30.3 Å². The Morgan fingerprint density at radius 3 is 2.60 bits per heavy atom. The summed E-state index contributed by atoms with van der Waals surface area (Å²) in [4.78, 5) is 15.0. The summed E-state index contributed by atoms with van der Waals surface area (Å²) in [6.45, 7) is 0. The molecule has 1 N–H and O–H groups in total. The van der Waals surface area contributed by atoms with Crippen LogP contribution in [0.3, 0.4) is 0 Å². The topological polar surface area (TPSA) is 68.7 Å². The molecule has 0 radical (unpaired) electrons. The molecular formula is C14H12ClNO4. The van der Waals surface area contributed by atoms with Gasteiger partial charge in [0.15, 0.2) is 11.5 Å².